The molecule has 0 unspecified atom stereocenters. The summed E-state index contributed by atoms with van der Waals surface area (Å²) >= 11 is 5.76. The number of carbonyl (C=O) groups is 4. The molecule has 188 valence electrons. The number of carboxylic acid groups (broad SMARTS) is 1. The van der Waals surface area contributed by atoms with Crippen LogP contribution in [-0.4, -0.2) is 56.9 Å². The largest absolute Gasteiger partial charge is 0.478 e. The third kappa shape index (κ3) is 4.94. The summed E-state index contributed by atoms with van der Waals surface area (Å²) in [5.41, 5.74) is 0.831. The molecule has 0 saturated carbocycles. The number of alkyl halides is 1. The number of carbonyl (C=O) groups excluding carboxylic acids is 3. The average molecular weight is 518 g/mol. The molecule has 0 bridgehead atoms. The monoisotopic (exact) mass is 517 g/mol. The van der Waals surface area contributed by atoms with Crippen molar-refractivity contribution in [1.29, 1.82) is 0 Å². The fourth-order valence-corrected chi connectivity index (χ4v) is 4.57. The number of hydrogen-bond donors (Lipinski definition) is 2. The zero-order valence-electron chi connectivity index (χ0n) is 19.1. The van der Waals surface area contributed by atoms with Gasteiger partial charge in [0.05, 0.1) is 17.1 Å². The van der Waals surface area contributed by atoms with E-state index in [-0.39, 0.29) is 53.6 Å². The number of amides is 2. The minimum Gasteiger partial charge on any atom is -0.478 e. The van der Waals surface area contributed by atoms with Crippen molar-refractivity contribution in [2.45, 2.75) is 38.6 Å². The second-order valence-corrected chi connectivity index (χ2v) is 9.00. The molecule has 0 spiro atoms. The standard InChI is InChI=1S/C25H22ClF2N3O5/c1-13(32)18-11-30(20-6-5-14(25(35)36)7-17(18)20)12-22(33)31-10-16(27)8-21(31)24(34)29-9-15-3-2-4-19(26)23(15)28/h2-7,11,16,21H,8-10,12H2,1H3,(H,29,34)(H,35,36)/t16-,21+/m1/s1. The van der Waals surface area contributed by atoms with Gasteiger partial charge in [0.25, 0.3) is 0 Å². The SMILES string of the molecule is CC(=O)c1cn(CC(=O)N2C[C@H](F)C[C@H]2C(=O)NCc2cccc(Cl)c2F)c2ccc(C(=O)O)cc12. The summed E-state index contributed by atoms with van der Waals surface area (Å²) in [7, 11) is 0. The normalized spacial score (nSPS) is 17.4. The lowest BCUT2D eigenvalue weighted by Gasteiger charge is -2.24. The molecule has 3 aromatic rings. The van der Waals surface area contributed by atoms with Crippen LogP contribution in [0.4, 0.5) is 8.78 Å². The van der Waals surface area contributed by atoms with Crippen LogP contribution < -0.4 is 5.32 Å². The number of aromatic carboxylic acids is 1. The molecule has 2 N–H and O–H groups in total. The summed E-state index contributed by atoms with van der Waals surface area (Å²) in [5, 5.41) is 12.1. The number of nitrogens with zero attached hydrogens (tertiary/aromatic N) is 2. The first-order valence-electron chi connectivity index (χ1n) is 11.1. The molecule has 1 aliphatic rings. The van der Waals surface area contributed by atoms with E-state index in [1.165, 1.54) is 54.1 Å². The quantitative estimate of drug-likeness (QED) is 0.466. The Labute approximate surface area is 209 Å². The number of halogens is 3. The van der Waals surface area contributed by atoms with Gasteiger partial charge >= 0.3 is 5.97 Å². The highest BCUT2D eigenvalue weighted by Gasteiger charge is 2.39. The first kappa shape index (κ1) is 25.3. The summed E-state index contributed by atoms with van der Waals surface area (Å²) in [6.45, 7) is 0.558. The number of rotatable bonds is 7. The summed E-state index contributed by atoms with van der Waals surface area (Å²) in [6.07, 6.45) is -0.181. The second kappa shape index (κ2) is 10.1. The molecule has 1 saturated heterocycles. The van der Waals surface area contributed by atoms with Gasteiger partial charge in [-0.3, -0.25) is 14.4 Å². The fraction of sp³-hybridized carbons (Fsp3) is 0.280. The smallest absolute Gasteiger partial charge is 0.335 e. The van der Waals surface area contributed by atoms with Crippen LogP contribution in [0.2, 0.25) is 5.02 Å². The summed E-state index contributed by atoms with van der Waals surface area (Å²) in [4.78, 5) is 50.5. The van der Waals surface area contributed by atoms with Gasteiger partial charge in [-0.15, -0.1) is 0 Å². The van der Waals surface area contributed by atoms with Crippen molar-refractivity contribution < 1.29 is 33.1 Å². The van der Waals surface area contributed by atoms with Crippen LogP contribution >= 0.6 is 11.6 Å². The predicted octanol–water partition coefficient (Wildman–Crippen LogP) is 3.59. The second-order valence-electron chi connectivity index (χ2n) is 8.59. The maximum absolute atomic E-state index is 14.3. The van der Waals surface area contributed by atoms with Crippen molar-refractivity contribution >= 4 is 46.1 Å². The highest BCUT2D eigenvalue weighted by atomic mass is 35.5. The number of likely N-dealkylation sites (tertiary alicyclic amines) is 1. The predicted molar refractivity (Wildman–Crippen MR) is 127 cm³/mol. The van der Waals surface area contributed by atoms with Crippen molar-refractivity contribution in [1.82, 2.24) is 14.8 Å². The minimum atomic E-state index is -1.42. The van der Waals surface area contributed by atoms with Gasteiger partial charge < -0.3 is 19.9 Å². The molecule has 2 atom stereocenters. The molecule has 11 heteroatoms. The van der Waals surface area contributed by atoms with Crippen LogP contribution in [0, 0.1) is 5.82 Å². The number of nitrogens with one attached hydrogen (secondary N) is 1. The first-order chi connectivity index (χ1) is 17.1. The Kier molecular flexibility index (Phi) is 7.07. The number of benzene rings is 2. The lowest BCUT2D eigenvalue weighted by Crippen LogP contribution is -2.46. The summed E-state index contributed by atoms with van der Waals surface area (Å²) < 4.78 is 29.9. The van der Waals surface area contributed by atoms with Gasteiger partial charge in [-0.05, 0) is 31.2 Å². The zero-order valence-corrected chi connectivity index (χ0v) is 19.9. The van der Waals surface area contributed by atoms with Gasteiger partial charge in [0.15, 0.2) is 5.78 Å². The first-order valence-corrected chi connectivity index (χ1v) is 11.5. The zero-order chi connectivity index (χ0) is 26.1. The molecule has 2 amide bonds. The Hall–Kier alpha value is -3.79. The topological polar surface area (TPSA) is 109 Å². The van der Waals surface area contributed by atoms with E-state index in [0.29, 0.717) is 10.9 Å². The van der Waals surface area contributed by atoms with E-state index in [4.69, 9.17) is 11.6 Å². The molecule has 8 nitrogen and oxygen atoms in total. The Balaban J connectivity index is 1.54. The van der Waals surface area contributed by atoms with Gasteiger partial charge in [0.1, 0.15) is 24.6 Å². The van der Waals surface area contributed by atoms with Gasteiger partial charge in [-0.1, -0.05) is 23.7 Å². The van der Waals surface area contributed by atoms with E-state index < -0.39 is 35.8 Å². The van der Waals surface area contributed by atoms with Crippen LogP contribution in [0.15, 0.2) is 42.6 Å². The minimum absolute atomic E-state index is 0.0123. The molecule has 36 heavy (non-hydrogen) atoms. The van der Waals surface area contributed by atoms with Crippen molar-refractivity contribution in [2.24, 2.45) is 0 Å². The number of carboxylic acids is 1. The third-order valence-electron chi connectivity index (χ3n) is 6.17. The molecule has 2 heterocycles. The molecular formula is C25H22ClF2N3O5. The lowest BCUT2D eigenvalue weighted by atomic mass is 10.1. The molecular weight excluding hydrogens is 496 g/mol. The van der Waals surface area contributed by atoms with E-state index in [1.54, 1.807) is 0 Å². The van der Waals surface area contributed by atoms with Gasteiger partial charge in [0, 0.05) is 41.2 Å². The van der Waals surface area contributed by atoms with E-state index in [2.05, 4.69) is 5.32 Å². The van der Waals surface area contributed by atoms with Crippen molar-refractivity contribution in [3.63, 3.8) is 0 Å². The molecule has 2 aromatic carbocycles. The molecule has 0 aliphatic carbocycles. The van der Waals surface area contributed by atoms with E-state index in [9.17, 15) is 33.1 Å². The number of aromatic nitrogens is 1. The van der Waals surface area contributed by atoms with Crippen LogP contribution in [-0.2, 0) is 22.7 Å². The molecule has 4 rings (SSSR count). The maximum Gasteiger partial charge on any atom is 0.335 e. The summed E-state index contributed by atoms with van der Waals surface area (Å²) in [6, 6.07) is 7.47. The number of fused-ring (bicyclic) bond motifs is 1. The highest BCUT2D eigenvalue weighted by molar-refractivity contribution is 6.30. The fourth-order valence-electron chi connectivity index (χ4n) is 4.37. The van der Waals surface area contributed by atoms with E-state index >= 15 is 0 Å². The Bertz CT molecular complexity index is 1390. The molecule has 1 aromatic heterocycles. The van der Waals surface area contributed by atoms with Crippen molar-refractivity contribution in [3.05, 3.63) is 70.1 Å². The van der Waals surface area contributed by atoms with Crippen LogP contribution in [0.5, 0.6) is 0 Å². The Morgan fingerprint density at radius 1 is 1.19 bits per heavy atom. The van der Waals surface area contributed by atoms with Crippen molar-refractivity contribution in [3.8, 4) is 0 Å². The number of ketones is 1. The number of Topliss-reactive ketones (excluding diaryl/α,β-unsaturated/α-hetero) is 1. The van der Waals surface area contributed by atoms with Crippen LogP contribution in [0.1, 0.15) is 39.6 Å². The van der Waals surface area contributed by atoms with Gasteiger partial charge in [-0.2, -0.15) is 0 Å². The number of hydrogen-bond acceptors (Lipinski definition) is 4. The molecule has 1 fully saturated rings. The molecule has 1 aliphatic heterocycles. The van der Waals surface area contributed by atoms with E-state index in [1.807, 2.05) is 0 Å². The molecule has 0 radical (unpaired) electrons. The van der Waals surface area contributed by atoms with Gasteiger partial charge in [0.2, 0.25) is 11.8 Å². The van der Waals surface area contributed by atoms with Gasteiger partial charge in [-0.25, -0.2) is 13.6 Å². The van der Waals surface area contributed by atoms with Crippen LogP contribution in [0.3, 0.4) is 0 Å². The average Bonchev–Trinajstić information content (AvgIpc) is 3.40. The van der Waals surface area contributed by atoms with E-state index in [0.717, 1.165) is 4.90 Å². The summed E-state index contributed by atoms with van der Waals surface area (Å²) in [5.74, 6) is -3.33. The Morgan fingerprint density at radius 2 is 1.94 bits per heavy atom. The Morgan fingerprint density at radius 3 is 2.64 bits per heavy atom. The maximum atomic E-state index is 14.3. The van der Waals surface area contributed by atoms with Crippen LogP contribution in [0.25, 0.3) is 10.9 Å². The lowest BCUT2D eigenvalue weighted by molar-refractivity contribution is -0.139. The third-order valence-corrected chi connectivity index (χ3v) is 6.46. The van der Waals surface area contributed by atoms with Crippen molar-refractivity contribution in [2.75, 3.05) is 6.54 Å². The highest BCUT2D eigenvalue weighted by Crippen LogP contribution is 2.26.